The van der Waals surface area contributed by atoms with E-state index in [1.165, 1.54) is 40.2 Å². The molecule has 0 radical (unpaired) electrons. The summed E-state index contributed by atoms with van der Waals surface area (Å²) in [6, 6.07) is 3.43. The quantitative estimate of drug-likeness (QED) is 0.376. The molecule has 0 saturated carbocycles. The summed E-state index contributed by atoms with van der Waals surface area (Å²) in [5, 5.41) is 3.59. The lowest BCUT2D eigenvalue weighted by Crippen LogP contribution is -2.31. The van der Waals surface area contributed by atoms with E-state index in [0.29, 0.717) is 50.6 Å². The Bertz CT molecular complexity index is 1070. The number of hydrogen-bond acceptors (Lipinski definition) is 9. The van der Waals surface area contributed by atoms with Crippen molar-refractivity contribution < 1.29 is 23.7 Å². The van der Waals surface area contributed by atoms with Crippen molar-refractivity contribution in [1.29, 1.82) is 0 Å². The Balaban J connectivity index is 2.33. The Morgan fingerprint density at radius 3 is 2.29 bits per heavy atom. The number of aromatic amines is 1. The molecule has 0 amide bonds. The average Bonchev–Trinajstić information content (AvgIpc) is 2.76. The smallest absolute Gasteiger partial charge is 0.336 e. The second-order valence-electron chi connectivity index (χ2n) is 6.61. The summed E-state index contributed by atoms with van der Waals surface area (Å²) in [7, 11) is 5.81. The third-order valence-electron chi connectivity index (χ3n) is 4.93. The fourth-order valence-corrected chi connectivity index (χ4v) is 4.21. The van der Waals surface area contributed by atoms with E-state index in [1.807, 2.05) is 6.92 Å². The Kier molecular flexibility index (Phi) is 6.79. The number of thioether (sulfide) groups is 1. The Morgan fingerprint density at radius 1 is 1.13 bits per heavy atom. The van der Waals surface area contributed by atoms with E-state index in [9.17, 15) is 9.59 Å². The molecule has 2 aromatic rings. The number of anilines is 1. The van der Waals surface area contributed by atoms with Crippen LogP contribution in [0.1, 0.15) is 30.9 Å². The molecule has 31 heavy (non-hydrogen) atoms. The normalized spacial score (nSPS) is 15.1. The van der Waals surface area contributed by atoms with E-state index in [2.05, 4.69) is 15.3 Å². The van der Waals surface area contributed by atoms with Gasteiger partial charge in [-0.05, 0) is 30.4 Å². The predicted molar refractivity (Wildman–Crippen MR) is 118 cm³/mol. The molecular formula is C21H25N3O6S. The van der Waals surface area contributed by atoms with Gasteiger partial charge in [-0.2, -0.15) is 0 Å². The molecule has 0 saturated heterocycles. The lowest BCUT2D eigenvalue weighted by atomic mass is 9.82. The van der Waals surface area contributed by atoms with Gasteiger partial charge in [0, 0.05) is 5.70 Å². The van der Waals surface area contributed by atoms with Gasteiger partial charge in [-0.1, -0.05) is 18.7 Å². The van der Waals surface area contributed by atoms with Gasteiger partial charge < -0.3 is 29.2 Å². The molecule has 10 heteroatoms. The largest absolute Gasteiger partial charge is 0.493 e. The monoisotopic (exact) mass is 447 g/mol. The van der Waals surface area contributed by atoms with Gasteiger partial charge in [0.05, 0.1) is 45.5 Å². The third kappa shape index (κ3) is 4.07. The number of H-pyrrole nitrogens is 1. The maximum Gasteiger partial charge on any atom is 0.336 e. The molecule has 0 fully saturated rings. The first-order valence-corrected chi connectivity index (χ1v) is 10.5. The van der Waals surface area contributed by atoms with Gasteiger partial charge in [-0.15, -0.1) is 0 Å². The van der Waals surface area contributed by atoms with Crippen LogP contribution in [0.25, 0.3) is 0 Å². The fourth-order valence-electron chi connectivity index (χ4n) is 3.62. The summed E-state index contributed by atoms with van der Waals surface area (Å²) in [6.45, 7) is 3.71. The van der Waals surface area contributed by atoms with Gasteiger partial charge in [0.1, 0.15) is 5.82 Å². The van der Waals surface area contributed by atoms with Crippen molar-refractivity contribution in [2.75, 3.05) is 39.5 Å². The van der Waals surface area contributed by atoms with Crippen molar-refractivity contribution in [2.24, 2.45) is 0 Å². The molecule has 2 N–H and O–H groups in total. The molecule has 3 rings (SSSR count). The number of rotatable bonds is 7. The zero-order chi connectivity index (χ0) is 22.7. The first-order valence-electron chi connectivity index (χ1n) is 9.53. The summed E-state index contributed by atoms with van der Waals surface area (Å²) in [5.41, 5.74) is 1.40. The molecule has 0 spiro atoms. The summed E-state index contributed by atoms with van der Waals surface area (Å²) >= 11 is 1.42. The molecule has 0 aliphatic carbocycles. The Morgan fingerprint density at radius 2 is 1.77 bits per heavy atom. The lowest BCUT2D eigenvalue weighted by Gasteiger charge is -2.29. The van der Waals surface area contributed by atoms with E-state index < -0.39 is 11.9 Å². The minimum Gasteiger partial charge on any atom is -0.493 e. The van der Waals surface area contributed by atoms with Crippen molar-refractivity contribution in [3.05, 3.63) is 44.9 Å². The van der Waals surface area contributed by atoms with Crippen LogP contribution in [0.3, 0.4) is 0 Å². The molecule has 1 unspecified atom stereocenters. The number of benzene rings is 1. The number of aromatic nitrogens is 2. The topological polar surface area (TPSA) is 112 Å². The zero-order valence-electron chi connectivity index (χ0n) is 18.2. The molecule has 1 aliphatic heterocycles. The number of esters is 1. The summed E-state index contributed by atoms with van der Waals surface area (Å²) in [5.74, 6) is 1.05. The minimum atomic E-state index is -0.755. The third-order valence-corrected chi connectivity index (χ3v) is 5.68. The Labute approximate surface area is 184 Å². The molecule has 9 nitrogen and oxygen atoms in total. The fraction of sp³-hybridized carbons (Fsp3) is 0.381. The first-order chi connectivity index (χ1) is 14.9. The highest BCUT2D eigenvalue weighted by molar-refractivity contribution is 7.99. The van der Waals surface area contributed by atoms with Gasteiger partial charge >= 0.3 is 5.97 Å². The highest BCUT2D eigenvalue weighted by atomic mass is 32.2. The molecular weight excluding hydrogens is 422 g/mol. The van der Waals surface area contributed by atoms with Gasteiger partial charge in [0.2, 0.25) is 5.75 Å². The SMILES string of the molecule is CCSc1nc2c(c(=O)[nH]1)C(c1cc(OC)c(OC)c(OC)c1)C(C(=O)OC)=C(C)N2. The molecule has 1 atom stereocenters. The van der Waals surface area contributed by atoms with Crippen LogP contribution in [0.2, 0.25) is 0 Å². The second-order valence-corrected chi connectivity index (χ2v) is 7.87. The number of methoxy groups -OCH3 is 4. The number of fused-ring (bicyclic) bond motifs is 1. The van der Waals surface area contributed by atoms with E-state index >= 15 is 0 Å². The number of carbonyl (C=O) groups excluding carboxylic acids is 1. The van der Waals surface area contributed by atoms with E-state index in [1.54, 1.807) is 19.1 Å². The average molecular weight is 448 g/mol. The van der Waals surface area contributed by atoms with Crippen LogP contribution in [0, 0.1) is 0 Å². The highest BCUT2D eigenvalue weighted by Crippen LogP contribution is 2.46. The number of carbonyl (C=O) groups is 1. The van der Waals surface area contributed by atoms with Crippen molar-refractivity contribution in [3.8, 4) is 17.2 Å². The van der Waals surface area contributed by atoms with Gasteiger partial charge in [0.15, 0.2) is 16.7 Å². The first kappa shape index (κ1) is 22.5. The number of hydrogen-bond donors (Lipinski definition) is 2. The van der Waals surface area contributed by atoms with Crippen LogP contribution >= 0.6 is 11.8 Å². The molecule has 1 aromatic heterocycles. The highest BCUT2D eigenvalue weighted by Gasteiger charge is 2.37. The van der Waals surface area contributed by atoms with Crippen molar-refractivity contribution >= 4 is 23.5 Å². The summed E-state index contributed by atoms with van der Waals surface area (Å²) in [6.07, 6.45) is 0. The summed E-state index contributed by atoms with van der Waals surface area (Å²) < 4.78 is 21.4. The van der Waals surface area contributed by atoms with E-state index in [4.69, 9.17) is 18.9 Å². The van der Waals surface area contributed by atoms with Crippen molar-refractivity contribution in [3.63, 3.8) is 0 Å². The number of ether oxygens (including phenoxy) is 4. The van der Waals surface area contributed by atoms with Gasteiger partial charge in [0.25, 0.3) is 5.56 Å². The maximum absolute atomic E-state index is 13.1. The zero-order valence-corrected chi connectivity index (χ0v) is 19.1. The molecule has 2 heterocycles. The molecule has 0 bridgehead atoms. The van der Waals surface area contributed by atoms with Crippen molar-refractivity contribution in [1.82, 2.24) is 9.97 Å². The van der Waals surface area contributed by atoms with E-state index in [-0.39, 0.29) is 5.56 Å². The van der Waals surface area contributed by atoms with Crippen LogP contribution < -0.4 is 25.1 Å². The summed E-state index contributed by atoms with van der Waals surface area (Å²) in [4.78, 5) is 33.2. The van der Waals surface area contributed by atoms with Crippen LogP contribution in [0.5, 0.6) is 17.2 Å². The predicted octanol–water partition coefficient (Wildman–Crippen LogP) is 2.91. The van der Waals surface area contributed by atoms with Crippen LogP contribution in [0.15, 0.2) is 33.4 Å². The van der Waals surface area contributed by atoms with Crippen LogP contribution in [-0.4, -0.2) is 50.1 Å². The standard InChI is InChI=1S/C21H25N3O6S/c1-7-31-21-23-18-16(19(25)24-21)15(14(10(2)22-18)20(26)30-6)11-8-12(27-3)17(29-5)13(9-11)28-4/h8-9,15H,7H2,1-6H3,(H2,22,23,24,25). The van der Waals surface area contributed by atoms with Crippen LogP contribution in [0.4, 0.5) is 5.82 Å². The van der Waals surface area contributed by atoms with Crippen molar-refractivity contribution in [2.45, 2.75) is 24.9 Å². The number of nitrogens with zero attached hydrogens (tertiary/aromatic N) is 1. The number of nitrogens with one attached hydrogen (secondary N) is 2. The molecule has 1 aromatic carbocycles. The second kappa shape index (κ2) is 9.34. The van der Waals surface area contributed by atoms with Gasteiger partial charge in [-0.25, -0.2) is 9.78 Å². The minimum absolute atomic E-state index is 0.299. The lowest BCUT2D eigenvalue weighted by molar-refractivity contribution is -0.136. The molecule has 1 aliphatic rings. The maximum atomic E-state index is 13.1. The van der Waals surface area contributed by atoms with E-state index in [0.717, 1.165) is 5.75 Å². The Hall–Kier alpha value is -3.14. The molecule has 166 valence electrons. The van der Waals surface area contributed by atoms with Gasteiger partial charge in [-0.3, -0.25) is 4.79 Å². The van der Waals surface area contributed by atoms with Crippen LogP contribution in [-0.2, 0) is 9.53 Å². The number of allylic oxidation sites excluding steroid dienone is 1.